The summed E-state index contributed by atoms with van der Waals surface area (Å²) >= 11 is 0. The number of phenols is 1. The van der Waals surface area contributed by atoms with Gasteiger partial charge in [0.15, 0.2) is 0 Å². The fourth-order valence-electron chi connectivity index (χ4n) is 7.57. The average Bonchev–Trinajstić information content (AvgIpc) is 2.84. The molecule has 2 fully saturated rings. The van der Waals surface area contributed by atoms with Crippen LogP contribution in [-0.4, -0.2) is 5.11 Å². The molecule has 0 heterocycles. The number of benzene rings is 2. The van der Waals surface area contributed by atoms with Crippen LogP contribution in [-0.2, 0) is 17.3 Å². The quantitative estimate of drug-likeness (QED) is 0.514. The first-order valence-corrected chi connectivity index (χ1v) is 13.4. The maximum atomic E-state index is 11.2. The lowest BCUT2D eigenvalue weighted by molar-refractivity contribution is 0.0968. The van der Waals surface area contributed by atoms with Crippen LogP contribution in [0.1, 0.15) is 108 Å². The lowest BCUT2D eigenvalue weighted by Gasteiger charge is -2.53. The molecule has 1 nitrogen and oxygen atoms in total. The topological polar surface area (TPSA) is 20.2 Å². The summed E-state index contributed by atoms with van der Waals surface area (Å²) in [5.41, 5.74) is 7.17. The van der Waals surface area contributed by atoms with Crippen LogP contribution in [0.5, 0.6) is 5.75 Å². The molecule has 0 amide bonds. The third-order valence-electron chi connectivity index (χ3n) is 9.71. The van der Waals surface area contributed by atoms with Crippen LogP contribution in [0.25, 0.3) is 11.1 Å². The zero-order valence-electron chi connectivity index (χ0n) is 20.6. The number of hydrogen-bond donors (Lipinski definition) is 1. The zero-order valence-corrected chi connectivity index (χ0v) is 20.6. The second-order valence-electron chi connectivity index (χ2n) is 11.7. The molecule has 3 aliphatic rings. The normalized spacial score (nSPS) is 21.7. The highest BCUT2D eigenvalue weighted by Crippen LogP contribution is 2.58. The molecule has 0 bridgehead atoms. The van der Waals surface area contributed by atoms with Crippen LogP contribution in [0.4, 0.5) is 0 Å². The van der Waals surface area contributed by atoms with Crippen molar-refractivity contribution in [3.63, 3.8) is 0 Å². The summed E-state index contributed by atoms with van der Waals surface area (Å²) in [7, 11) is 0. The SMILES string of the molecule is CCC(C)(C)c1cc2c(cc1O)-c1ccccc1CC2(C1CCCCC1)C1CCCCC1. The summed E-state index contributed by atoms with van der Waals surface area (Å²) in [6.45, 7) is 6.85. The van der Waals surface area contributed by atoms with E-state index in [1.54, 1.807) is 5.56 Å². The molecule has 2 aromatic carbocycles. The van der Waals surface area contributed by atoms with E-state index in [-0.39, 0.29) is 10.8 Å². The fourth-order valence-corrected chi connectivity index (χ4v) is 7.57. The van der Waals surface area contributed by atoms with Crippen LogP contribution >= 0.6 is 0 Å². The number of fused-ring (bicyclic) bond motifs is 3. The highest BCUT2D eigenvalue weighted by atomic mass is 16.3. The standard InChI is InChI=1S/C31H42O/c1-4-30(2,3)28-20-27-26(19-29(28)32)25-18-12-11-13-22(25)21-31(27,23-14-7-5-8-15-23)24-16-9-6-10-17-24/h11-13,18-20,23-24,32H,4-10,14-17,21H2,1-3H3. The van der Waals surface area contributed by atoms with Crippen LogP contribution in [0.15, 0.2) is 36.4 Å². The molecule has 3 aliphatic carbocycles. The van der Waals surface area contributed by atoms with Crippen molar-refractivity contribution in [2.75, 3.05) is 0 Å². The minimum atomic E-state index is -0.0129. The molecular weight excluding hydrogens is 388 g/mol. The molecule has 0 radical (unpaired) electrons. The van der Waals surface area contributed by atoms with Gasteiger partial charge in [-0.3, -0.25) is 0 Å². The Labute approximate surface area is 195 Å². The van der Waals surface area contributed by atoms with E-state index < -0.39 is 0 Å². The van der Waals surface area contributed by atoms with E-state index in [4.69, 9.17) is 0 Å². The number of hydrogen-bond acceptors (Lipinski definition) is 1. The summed E-state index contributed by atoms with van der Waals surface area (Å²) in [5, 5.41) is 11.2. The first kappa shape index (κ1) is 22.1. The van der Waals surface area contributed by atoms with Gasteiger partial charge < -0.3 is 5.11 Å². The van der Waals surface area contributed by atoms with Crippen molar-refractivity contribution in [3.05, 3.63) is 53.1 Å². The highest BCUT2D eigenvalue weighted by Gasteiger charge is 2.50. The Morgan fingerprint density at radius 3 is 2.03 bits per heavy atom. The van der Waals surface area contributed by atoms with Crippen molar-refractivity contribution in [2.24, 2.45) is 11.8 Å². The van der Waals surface area contributed by atoms with Gasteiger partial charge in [-0.25, -0.2) is 0 Å². The van der Waals surface area contributed by atoms with Gasteiger partial charge in [0.05, 0.1) is 0 Å². The van der Waals surface area contributed by atoms with Gasteiger partial charge in [0.25, 0.3) is 0 Å². The maximum absolute atomic E-state index is 11.2. The van der Waals surface area contributed by atoms with Crippen LogP contribution in [0.2, 0.25) is 0 Å². The Bertz CT molecular complexity index is 938. The van der Waals surface area contributed by atoms with Crippen LogP contribution < -0.4 is 0 Å². The Morgan fingerprint density at radius 2 is 1.44 bits per heavy atom. The van der Waals surface area contributed by atoms with Crippen molar-refractivity contribution in [3.8, 4) is 16.9 Å². The lowest BCUT2D eigenvalue weighted by atomic mass is 9.51. The van der Waals surface area contributed by atoms with E-state index in [0.717, 1.165) is 23.8 Å². The van der Waals surface area contributed by atoms with Gasteiger partial charge in [0, 0.05) is 5.41 Å². The number of aromatic hydroxyl groups is 1. The molecule has 0 unspecified atom stereocenters. The fraction of sp³-hybridized carbons (Fsp3) is 0.613. The van der Waals surface area contributed by atoms with Gasteiger partial charge in [0.2, 0.25) is 0 Å². The first-order chi connectivity index (χ1) is 15.5. The third-order valence-corrected chi connectivity index (χ3v) is 9.71. The van der Waals surface area contributed by atoms with Gasteiger partial charge >= 0.3 is 0 Å². The van der Waals surface area contributed by atoms with E-state index in [0.29, 0.717) is 5.75 Å². The van der Waals surface area contributed by atoms with Crippen LogP contribution in [0, 0.1) is 11.8 Å². The molecule has 0 spiro atoms. The van der Waals surface area contributed by atoms with Crippen LogP contribution in [0.3, 0.4) is 0 Å². The van der Waals surface area contributed by atoms with Crippen molar-refractivity contribution < 1.29 is 5.11 Å². The van der Waals surface area contributed by atoms with Crippen molar-refractivity contribution >= 4 is 0 Å². The Kier molecular flexibility index (Phi) is 5.89. The molecular formula is C31H42O. The van der Waals surface area contributed by atoms with Crippen molar-refractivity contribution in [1.82, 2.24) is 0 Å². The predicted molar refractivity (Wildman–Crippen MR) is 135 cm³/mol. The number of rotatable bonds is 4. The van der Waals surface area contributed by atoms with Gasteiger partial charge in [-0.05, 0) is 89.7 Å². The molecule has 5 rings (SSSR count). The lowest BCUT2D eigenvalue weighted by Crippen LogP contribution is -2.48. The van der Waals surface area contributed by atoms with Gasteiger partial charge in [0.1, 0.15) is 5.75 Å². The molecule has 32 heavy (non-hydrogen) atoms. The van der Waals surface area contributed by atoms with E-state index in [1.165, 1.54) is 87.3 Å². The minimum Gasteiger partial charge on any atom is -0.508 e. The first-order valence-electron chi connectivity index (χ1n) is 13.4. The third kappa shape index (κ3) is 3.51. The second kappa shape index (κ2) is 8.54. The summed E-state index contributed by atoms with van der Waals surface area (Å²) in [6.07, 6.45) is 16.1. The molecule has 1 heteroatoms. The molecule has 0 aliphatic heterocycles. The molecule has 0 aromatic heterocycles. The molecule has 172 valence electrons. The Hall–Kier alpha value is -1.76. The summed E-state index contributed by atoms with van der Waals surface area (Å²) < 4.78 is 0. The van der Waals surface area contributed by atoms with Gasteiger partial charge in [-0.15, -0.1) is 0 Å². The molecule has 1 N–H and O–H groups in total. The summed E-state index contributed by atoms with van der Waals surface area (Å²) in [6, 6.07) is 13.7. The van der Waals surface area contributed by atoms with E-state index in [1.807, 2.05) is 0 Å². The molecule has 2 saturated carbocycles. The van der Waals surface area contributed by atoms with E-state index in [2.05, 4.69) is 57.2 Å². The monoisotopic (exact) mass is 430 g/mol. The highest BCUT2D eigenvalue weighted by molar-refractivity contribution is 5.77. The largest absolute Gasteiger partial charge is 0.508 e. The zero-order chi connectivity index (χ0) is 22.3. The Balaban J connectivity index is 1.78. The minimum absolute atomic E-state index is 0.0129. The maximum Gasteiger partial charge on any atom is 0.119 e. The van der Waals surface area contributed by atoms with E-state index in [9.17, 15) is 5.11 Å². The smallest absolute Gasteiger partial charge is 0.119 e. The van der Waals surface area contributed by atoms with Gasteiger partial charge in [-0.1, -0.05) is 89.6 Å². The van der Waals surface area contributed by atoms with Gasteiger partial charge in [-0.2, -0.15) is 0 Å². The van der Waals surface area contributed by atoms with E-state index >= 15 is 0 Å². The molecule has 2 aromatic rings. The molecule has 0 atom stereocenters. The average molecular weight is 431 g/mol. The van der Waals surface area contributed by atoms with Crippen molar-refractivity contribution in [1.29, 1.82) is 0 Å². The Morgan fingerprint density at radius 1 is 0.844 bits per heavy atom. The second-order valence-corrected chi connectivity index (χ2v) is 11.7. The summed E-state index contributed by atoms with van der Waals surface area (Å²) in [5.74, 6) is 2.04. The van der Waals surface area contributed by atoms with Crippen molar-refractivity contribution in [2.45, 2.75) is 109 Å². The molecule has 0 saturated heterocycles. The predicted octanol–water partition coefficient (Wildman–Crippen LogP) is 8.70. The summed E-state index contributed by atoms with van der Waals surface area (Å²) in [4.78, 5) is 0. The number of phenolic OH excluding ortho intramolecular Hbond substituents is 1.